The molecule has 0 saturated heterocycles. The summed E-state index contributed by atoms with van der Waals surface area (Å²) in [6.45, 7) is 2.71. The molecule has 0 saturated carbocycles. The Morgan fingerprint density at radius 1 is 0.714 bits per heavy atom. The molecule has 0 aliphatic heterocycles. The molecule has 2 atom stereocenters. The summed E-state index contributed by atoms with van der Waals surface area (Å²) in [6.07, 6.45) is 28.6. The van der Waals surface area contributed by atoms with Gasteiger partial charge in [-0.1, -0.05) is 62.5 Å². The van der Waals surface area contributed by atoms with Crippen LogP contribution < -0.4 is 0 Å². The van der Waals surface area contributed by atoms with E-state index in [-0.39, 0.29) is 11.9 Å². The topological polar surface area (TPSA) is 52.6 Å². The third kappa shape index (κ3) is 17.0. The van der Waals surface area contributed by atoms with Crippen molar-refractivity contribution in [3.8, 4) is 24.7 Å². The van der Waals surface area contributed by atoms with Crippen LogP contribution >= 0.6 is 0 Å². The summed E-state index contributed by atoms with van der Waals surface area (Å²) < 4.78 is 9.89. The van der Waals surface area contributed by atoms with E-state index in [1.54, 1.807) is 12.2 Å². The molecule has 0 N–H and O–H groups in total. The molecule has 154 valence electrons. The van der Waals surface area contributed by atoms with Gasteiger partial charge in [-0.05, 0) is 37.8 Å². The van der Waals surface area contributed by atoms with Gasteiger partial charge in [0.1, 0.15) is 0 Å². The third-order valence-electron chi connectivity index (χ3n) is 4.03. The molecule has 0 spiro atoms. The molecule has 0 radical (unpaired) electrons. The summed E-state index contributed by atoms with van der Waals surface area (Å²) >= 11 is 0. The Hall–Kier alpha value is -2.46. The predicted molar refractivity (Wildman–Crippen MR) is 113 cm³/mol. The summed E-state index contributed by atoms with van der Waals surface area (Å²) in [5, 5.41) is 0. The van der Waals surface area contributed by atoms with Gasteiger partial charge in [0.05, 0.1) is 0 Å². The van der Waals surface area contributed by atoms with E-state index in [9.17, 15) is 9.59 Å². The summed E-state index contributed by atoms with van der Waals surface area (Å²) in [4.78, 5) is 21.7. The molecule has 0 aliphatic carbocycles. The molecule has 4 heteroatoms. The first-order valence-corrected chi connectivity index (χ1v) is 10.1. The van der Waals surface area contributed by atoms with Crippen LogP contribution in [0.15, 0.2) is 24.3 Å². The molecule has 0 aromatic heterocycles. The Kier molecular flexibility index (Phi) is 16.4. The molecule has 0 bridgehead atoms. The van der Waals surface area contributed by atoms with Crippen molar-refractivity contribution >= 4 is 11.9 Å². The highest BCUT2D eigenvalue weighted by molar-refractivity contribution is 5.67. The molecule has 0 heterocycles. The highest BCUT2D eigenvalue weighted by Gasteiger charge is 2.03. The highest BCUT2D eigenvalue weighted by atomic mass is 16.5. The van der Waals surface area contributed by atoms with Crippen LogP contribution in [0.1, 0.15) is 78.1 Å². The lowest BCUT2D eigenvalue weighted by atomic mass is 10.1. The molecule has 28 heavy (non-hydrogen) atoms. The van der Waals surface area contributed by atoms with E-state index in [4.69, 9.17) is 22.3 Å². The first kappa shape index (κ1) is 25.5. The lowest BCUT2D eigenvalue weighted by Crippen LogP contribution is -2.10. The van der Waals surface area contributed by atoms with Gasteiger partial charge in [-0.15, -0.1) is 12.8 Å². The van der Waals surface area contributed by atoms with Crippen LogP contribution in [0.5, 0.6) is 0 Å². The number of carbonyl (C=O) groups is 2. The zero-order chi connectivity index (χ0) is 21.0. The fraction of sp³-hybridized carbons (Fsp3) is 0.583. The standard InChI is InChI=1S/C24H34O4/c1-5-23(27-21(3)25)19-17-15-13-11-9-7-8-10-12-14-16-18-20-24(6-2)28-22(4)26/h1-2,17-20,23-24H,7-16H2,3-4H3/b19-17+,20-18+/t23-,24-/m1/s1. The van der Waals surface area contributed by atoms with Crippen LogP contribution in [-0.2, 0) is 19.1 Å². The number of unbranched alkanes of at least 4 members (excludes halogenated alkanes) is 9. The molecule has 0 unspecified atom stereocenters. The minimum Gasteiger partial charge on any atom is -0.445 e. The second kappa shape index (κ2) is 17.9. The predicted octanol–water partition coefficient (Wildman–Crippen LogP) is 5.13. The minimum absolute atomic E-state index is 0.359. The van der Waals surface area contributed by atoms with Gasteiger partial charge in [-0.3, -0.25) is 9.59 Å². The van der Waals surface area contributed by atoms with E-state index in [0.29, 0.717) is 0 Å². The van der Waals surface area contributed by atoms with Gasteiger partial charge in [0.15, 0.2) is 12.2 Å². The molecule has 0 amide bonds. The summed E-state index contributed by atoms with van der Waals surface area (Å²) in [6, 6.07) is 0. The highest BCUT2D eigenvalue weighted by Crippen LogP contribution is 2.11. The number of esters is 2. The Balaban J connectivity index is 3.51. The molecule has 0 aliphatic rings. The summed E-state index contributed by atoms with van der Waals surface area (Å²) in [7, 11) is 0. The van der Waals surface area contributed by atoms with Gasteiger partial charge in [0.25, 0.3) is 0 Å². The first-order chi connectivity index (χ1) is 13.5. The van der Waals surface area contributed by atoms with Gasteiger partial charge in [-0.2, -0.15) is 0 Å². The number of terminal acetylenes is 2. The van der Waals surface area contributed by atoms with Gasteiger partial charge in [-0.25, -0.2) is 0 Å². The Bertz CT molecular complexity index is 522. The quantitative estimate of drug-likeness (QED) is 0.169. The Morgan fingerprint density at radius 3 is 1.32 bits per heavy atom. The number of carbonyl (C=O) groups excluding carboxylic acids is 2. The van der Waals surface area contributed by atoms with Crippen molar-refractivity contribution in [2.45, 2.75) is 90.3 Å². The molecular weight excluding hydrogens is 352 g/mol. The van der Waals surface area contributed by atoms with E-state index in [0.717, 1.165) is 25.7 Å². The molecule has 0 rings (SSSR count). The van der Waals surface area contributed by atoms with Crippen LogP contribution in [-0.4, -0.2) is 24.1 Å². The third-order valence-corrected chi connectivity index (χ3v) is 4.03. The maximum atomic E-state index is 10.8. The van der Waals surface area contributed by atoms with Crippen LogP contribution in [0.3, 0.4) is 0 Å². The number of rotatable bonds is 15. The monoisotopic (exact) mass is 386 g/mol. The normalized spacial score (nSPS) is 13.0. The number of hydrogen-bond donors (Lipinski definition) is 0. The van der Waals surface area contributed by atoms with Crippen LogP contribution in [0.2, 0.25) is 0 Å². The van der Waals surface area contributed by atoms with Crippen molar-refractivity contribution in [2.24, 2.45) is 0 Å². The van der Waals surface area contributed by atoms with Gasteiger partial charge < -0.3 is 9.47 Å². The van der Waals surface area contributed by atoms with Crippen LogP contribution in [0.4, 0.5) is 0 Å². The maximum absolute atomic E-state index is 10.8. The SMILES string of the molecule is C#C[C@H](/C=C/CCCCCCCCCC/C=C/[C@@H](C#C)OC(C)=O)OC(C)=O. The molecular formula is C24H34O4. The van der Waals surface area contributed by atoms with Gasteiger partial charge in [0.2, 0.25) is 0 Å². The van der Waals surface area contributed by atoms with Crippen LogP contribution in [0.25, 0.3) is 0 Å². The maximum Gasteiger partial charge on any atom is 0.304 e. The van der Waals surface area contributed by atoms with Crippen LogP contribution in [0, 0.1) is 24.7 Å². The smallest absolute Gasteiger partial charge is 0.304 e. The summed E-state index contributed by atoms with van der Waals surface area (Å²) in [5.41, 5.74) is 0. The molecule has 0 aromatic rings. The van der Waals surface area contributed by atoms with Gasteiger partial charge in [0, 0.05) is 13.8 Å². The second-order valence-corrected chi connectivity index (χ2v) is 6.66. The van der Waals surface area contributed by atoms with Gasteiger partial charge >= 0.3 is 11.9 Å². The summed E-state index contributed by atoms with van der Waals surface area (Å²) in [5.74, 6) is 4.14. The zero-order valence-electron chi connectivity index (χ0n) is 17.3. The second-order valence-electron chi connectivity index (χ2n) is 6.66. The number of allylic oxidation sites excluding steroid dienone is 2. The van der Waals surface area contributed by atoms with E-state index in [1.807, 2.05) is 12.2 Å². The fourth-order valence-electron chi connectivity index (χ4n) is 2.64. The largest absolute Gasteiger partial charge is 0.445 e. The van der Waals surface area contributed by atoms with Crippen molar-refractivity contribution < 1.29 is 19.1 Å². The van der Waals surface area contributed by atoms with Crippen molar-refractivity contribution in [1.82, 2.24) is 0 Å². The first-order valence-electron chi connectivity index (χ1n) is 10.1. The Morgan fingerprint density at radius 2 is 1.04 bits per heavy atom. The number of ether oxygens (including phenoxy) is 2. The van der Waals surface area contributed by atoms with Crippen molar-refractivity contribution in [1.29, 1.82) is 0 Å². The average Bonchev–Trinajstić information content (AvgIpc) is 2.65. The van der Waals surface area contributed by atoms with Crippen molar-refractivity contribution in [2.75, 3.05) is 0 Å². The van der Waals surface area contributed by atoms with Crippen molar-refractivity contribution in [3.05, 3.63) is 24.3 Å². The molecule has 0 fully saturated rings. The zero-order valence-corrected chi connectivity index (χ0v) is 17.3. The lowest BCUT2D eigenvalue weighted by molar-refractivity contribution is -0.143. The van der Waals surface area contributed by atoms with E-state index in [2.05, 4.69) is 11.8 Å². The molecule has 0 aromatic carbocycles. The van der Waals surface area contributed by atoms with E-state index < -0.39 is 12.2 Å². The van der Waals surface area contributed by atoms with E-state index in [1.165, 1.54) is 52.4 Å². The Labute approximate surface area is 170 Å². The van der Waals surface area contributed by atoms with E-state index >= 15 is 0 Å². The number of hydrogen-bond acceptors (Lipinski definition) is 4. The fourth-order valence-corrected chi connectivity index (χ4v) is 2.64. The lowest BCUT2D eigenvalue weighted by Gasteiger charge is -2.05. The van der Waals surface area contributed by atoms with Crippen molar-refractivity contribution in [3.63, 3.8) is 0 Å². The minimum atomic E-state index is -0.550. The molecule has 4 nitrogen and oxygen atoms in total. The average molecular weight is 387 g/mol.